The zero-order valence-corrected chi connectivity index (χ0v) is 10.2. The van der Waals surface area contributed by atoms with Crippen molar-refractivity contribution in [2.45, 2.75) is 24.3 Å². The molecule has 1 atom stereocenters. The standard InChI is InChI=1S/C10H16N2O4S/c1-7(4-5-13)12-17(15,16)8-2-3-10(14)9(11)6-8/h2-3,6-7,12-14H,4-5,11H2,1H3. The molecule has 17 heavy (non-hydrogen) atoms. The Hall–Kier alpha value is -1.31. The number of phenolic OH excluding ortho intramolecular Hbond substituents is 1. The minimum atomic E-state index is -3.67. The van der Waals surface area contributed by atoms with Crippen molar-refractivity contribution in [3.05, 3.63) is 18.2 Å². The van der Waals surface area contributed by atoms with Gasteiger partial charge in [0.15, 0.2) is 0 Å². The molecule has 1 aromatic rings. The maximum atomic E-state index is 11.9. The van der Waals surface area contributed by atoms with Gasteiger partial charge in [0.2, 0.25) is 10.0 Å². The highest BCUT2D eigenvalue weighted by molar-refractivity contribution is 7.89. The van der Waals surface area contributed by atoms with Crippen LogP contribution in [-0.4, -0.2) is 31.3 Å². The highest BCUT2D eigenvalue weighted by atomic mass is 32.2. The Balaban J connectivity index is 2.93. The molecule has 0 saturated heterocycles. The lowest BCUT2D eigenvalue weighted by Gasteiger charge is -2.13. The summed E-state index contributed by atoms with van der Waals surface area (Å²) in [7, 11) is -3.67. The molecule has 0 bridgehead atoms. The molecule has 7 heteroatoms. The largest absolute Gasteiger partial charge is 0.506 e. The molecule has 0 saturated carbocycles. The van der Waals surface area contributed by atoms with Gasteiger partial charge < -0.3 is 15.9 Å². The van der Waals surface area contributed by atoms with E-state index in [1.807, 2.05) is 0 Å². The second kappa shape index (κ2) is 5.35. The van der Waals surface area contributed by atoms with Crippen LogP contribution in [-0.2, 0) is 10.0 Å². The smallest absolute Gasteiger partial charge is 0.240 e. The zero-order chi connectivity index (χ0) is 13.1. The zero-order valence-electron chi connectivity index (χ0n) is 9.42. The predicted octanol–water partition coefficient (Wildman–Crippen LogP) is 0.0236. The third kappa shape index (κ3) is 3.58. The quantitative estimate of drug-likeness (QED) is 0.440. The molecule has 1 rings (SSSR count). The van der Waals surface area contributed by atoms with Crippen LogP contribution in [0.1, 0.15) is 13.3 Å². The Morgan fingerprint density at radius 1 is 1.47 bits per heavy atom. The summed E-state index contributed by atoms with van der Waals surface area (Å²) in [6, 6.07) is 3.30. The first-order chi connectivity index (χ1) is 7.86. The van der Waals surface area contributed by atoms with Crippen molar-refractivity contribution in [3.63, 3.8) is 0 Å². The van der Waals surface area contributed by atoms with Crippen molar-refractivity contribution in [2.75, 3.05) is 12.3 Å². The number of hydrogen-bond acceptors (Lipinski definition) is 5. The number of anilines is 1. The van der Waals surface area contributed by atoms with Crippen molar-refractivity contribution in [2.24, 2.45) is 0 Å². The molecule has 0 aliphatic carbocycles. The number of nitrogen functional groups attached to an aromatic ring is 1. The lowest BCUT2D eigenvalue weighted by molar-refractivity contribution is 0.275. The number of benzene rings is 1. The molecule has 1 unspecified atom stereocenters. The Bertz CT molecular complexity index is 487. The molecule has 0 radical (unpaired) electrons. The molecule has 0 aliphatic rings. The van der Waals surface area contributed by atoms with Crippen molar-refractivity contribution in [1.82, 2.24) is 4.72 Å². The average Bonchev–Trinajstić information content (AvgIpc) is 2.21. The third-order valence-electron chi connectivity index (χ3n) is 2.23. The molecule has 6 nitrogen and oxygen atoms in total. The van der Waals surface area contributed by atoms with Crippen LogP contribution < -0.4 is 10.5 Å². The first kappa shape index (κ1) is 13.8. The van der Waals surface area contributed by atoms with Gasteiger partial charge in [0.25, 0.3) is 0 Å². The Morgan fingerprint density at radius 3 is 2.65 bits per heavy atom. The van der Waals surface area contributed by atoms with E-state index in [4.69, 9.17) is 10.8 Å². The van der Waals surface area contributed by atoms with Crippen LogP contribution in [0.15, 0.2) is 23.1 Å². The van der Waals surface area contributed by atoms with Gasteiger partial charge in [-0.05, 0) is 31.5 Å². The fraction of sp³-hybridized carbons (Fsp3) is 0.400. The SMILES string of the molecule is CC(CCO)NS(=O)(=O)c1ccc(O)c(N)c1. The molecular weight excluding hydrogens is 244 g/mol. The fourth-order valence-electron chi connectivity index (χ4n) is 1.29. The molecule has 0 amide bonds. The summed E-state index contributed by atoms with van der Waals surface area (Å²) in [5.41, 5.74) is 5.43. The fourth-order valence-corrected chi connectivity index (χ4v) is 2.60. The van der Waals surface area contributed by atoms with Crippen molar-refractivity contribution < 1.29 is 18.6 Å². The van der Waals surface area contributed by atoms with Crippen LogP contribution in [0.3, 0.4) is 0 Å². The van der Waals surface area contributed by atoms with Gasteiger partial charge in [-0.1, -0.05) is 0 Å². The number of aliphatic hydroxyl groups excluding tert-OH is 1. The number of phenols is 1. The van der Waals surface area contributed by atoms with Crippen LogP contribution in [0.25, 0.3) is 0 Å². The van der Waals surface area contributed by atoms with E-state index < -0.39 is 10.0 Å². The molecule has 0 spiro atoms. The van der Waals surface area contributed by atoms with Crippen LogP contribution in [0.5, 0.6) is 5.75 Å². The summed E-state index contributed by atoms with van der Waals surface area (Å²) in [6.45, 7) is 1.55. The lowest BCUT2D eigenvalue weighted by atomic mass is 10.3. The summed E-state index contributed by atoms with van der Waals surface area (Å²) in [6.07, 6.45) is 0.326. The van der Waals surface area contributed by atoms with Gasteiger partial charge in [0.1, 0.15) is 5.75 Å². The van der Waals surface area contributed by atoms with Gasteiger partial charge in [-0.25, -0.2) is 13.1 Å². The van der Waals surface area contributed by atoms with E-state index in [1.54, 1.807) is 6.92 Å². The summed E-state index contributed by atoms with van der Waals surface area (Å²) in [4.78, 5) is -0.0161. The predicted molar refractivity (Wildman–Crippen MR) is 64.0 cm³/mol. The van der Waals surface area contributed by atoms with E-state index in [-0.39, 0.29) is 29.0 Å². The Morgan fingerprint density at radius 2 is 2.12 bits per heavy atom. The van der Waals surface area contributed by atoms with Crippen molar-refractivity contribution >= 4 is 15.7 Å². The van der Waals surface area contributed by atoms with Gasteiger partial charge in [-0.3, -0.25) is 0 Å². The number of sulfonamides is 1. The molecule has 0 heterocycles. The summed E-state index contributed by atoms with van der Waals surface area (Å²) < 4.78 is 26.1. The second-order valence-electron chi connectivity index (χ2n) is 3.76. The maximum absolute atomic E-state index is 11.9. The van der Waals surface area contributed by atoms with Gasteiger partial charge in [0.05, 0.1) is 10.6 Å². The highest BCUT2D eigenvalue weighted by Crippen LogP contribution is 2.23. The van der Waals surface area contributed by atoms with Crippen molar-refractivity contribution in [1.29, 1.82) is 0 Å². The van der Waals surface area contributed by atoms with Crippen LogP contribution >= 0.6 is 0 Å². The van der Waals surface area contributed by atoms with Gasteiger partial charge in [-0.2, -0.15) is 0 Å². The number of nitrogens with one attached hydrogen (secondary N) is 1. The number of rotatable bonds is 5. The maximum Gasteiger partial charge on any atom is 0.240 e. The van der Waals surface area contributed by atoms with E-state index in [2.05, 4.69) is 4.72 Å². The summed E-state index contributed by atoms with van der Waals surface area (Å²) in [5.74, 6) is -0.160. The molecule has 0 fully saturated rings. The highest BCUT2D eigenvalue weighted by Gasteiger charge is 2.17. The molecule has 5 N–H and O–H groups in total. The van der Waals surface area contributed by atoms with E-state index in [9.17, 15) is 13.5 Å². The molecular formula is C10H16N2O4S. The monoisotopic (exact) mass is 260 g/mol. The van der Waals surface area contributed by atoms with Crippen molar-refractivity contribution in [3.8, 4) is 5.75 Å². The van der Waals surface area contributed by atoms with E-state index in [0.29, 0.717) is 6.42 Å². The summed E-state index contributed by atoms with van der Waals surface area (Å²) in [5, 5.41) is 17.9. The Labute approximate surface area is 100 Å². The lowest BCUT2D eigenvalue weighted by Crippen LogP contribution is -2.33. The minimum absolute atomic E-state index is 0.00249. The minimum Gasteiger partial charge on any atom is -0.506 e. The first-order valence-corrected chi connectivity index (χ1v) is 6.57. The number of aromatic hydroxyl groups is 1. The molecule has 96 valence electrons. The molecule has 1 aromatic carbocycles. The molecule has 0 aliphatic heterocycles. The van der Waals surface area contributed by atoms with Gasteiger partial charge in [-0.15, -0.1) is 0 Å². The molecule has 0 aromatic heterocycles. The number of aliphatic hydroxyl groups is 1. The van der Waals surface area contributed by atoms with E-state index in [1.165, 1.54) is 18.2 Å². The van der Waals surface area contributed by atoms with Crippen LogP contribution in [0, 0.1) is 0 Å². The average molecular weight is 260 g/mol. The van der Waals surface area contributed by atoms with Crippen LogP contribution in [0.2, 0.25) is 0 Å². The Kier molecular flexibility index (Phi) is 4.33. The van der Waals surface area contributed by atoms with E-state index in [0.717, 1.165) is 0 Å². The topological polar surface area (TPSA) is 113 Å². The first-order valence-electron chi connectivity index (χ1n) is 5.08. The normalized spacial score (nSPS) is 13.5. The number of hydrogen-bond donors (Lipinski definition) is 4. The second-order valence-corrected chi connectivity index (χ2v) is 5.47. The van der Waals surface area contributed by atoms with Gasteiger partial charge >= 0.3 is 0 Å². The number of nitrogens with two attached hydrogens (primary N) is 1. The van der Waals surface area contributed by atoms with Gasteiger partial charge in [0, 0.05) is 12.6 Å². The third-order valence-corrected chi connectivity index (χ3v) is 3.81. The van der Waals surface area contributed by atoms with E-state index >= 15 is 0 Å². The summed E-state index contributed by atoms with van der Waals surface area (Å²) >= 11 is 0. The van der Waals surface area contributed by atoms with Crippen LogP contribution in [0.4, 0.5) is 5.69 Å².